The van der Waals surface area contributed by atoms with E-state index < -0.39 is 0 Å². The van der Waals surface area contributed by atoms with Crippen LogP contribution >= 0.6 is 11.3 Å². The fourth-order valence-corrected chi connectivity index (χ4v) is 2.60. The standard InChI is InChI=1S/C16H20N4O3S/c1-10(2)5-6-17-14(22)7-12-9-24-16(19-12)20-15(23)11-3-4-13(21)18-8-11/h3-4,8-10H,5-7H2,1-2H3,(H,17,22)(H,18,21)(H,19,20,23). The van der Waals surface area contributed by atoms with E-state index in [-0.39, 0.29) is 23.8 Å². The maximum absolute atomic E-state index is 12.0. The third-order valence-electron chi connectivity index (χ3n) is 3.20. The summed E-state index contributed by atoms with van der Waals surface area (Å²) in [6.45, 7) is 4.85. The zero-order valence-electron chi connectivity index (χ0n) is 13.6. The lowest BCUT2D eigenvalue weighted by Gasteiger charge is -2.06. The molecule has 8 heteroatoms. The summed E-state index contributed by atoms with van der Waals surface area (Å²) < 4.78 is 0. The van der Waals surface area contributed by atoms with Crippen molar-refractivity contribution in [1.29, 1.82) is 0 Å². The van der Waals surface area contributed by atoms with Gasteiger partial charge in [0.2, 0.25) is 11.5 Å². The van der Waals surface area contributed by atoms with Crippen molar-refractivity contribution in [2.24, 2.45) is 5.92 Å². The summed E-state index contributed by atoms with van der Waals surface area (Å²) in [6, 6.07) is 2.72. The number of H-pyrrole nitrogens is 1. The van der Waals surface area contributed by atoms with Gasteiger partial charge >= 0.3 is 0 Å². The highest BCUT2D eigenvalue weighted by Gasteiger charge is 2.11. The van der Waals surface area contributed by atoms with Crippen LogP contribution in [0.4, 0.5) is 5.13 Å². The Kier molecular flexibility index (Phi) is 6.25. The van der Waals surface area contributed by atoms with Gasteiger partial charge in [-0.15, -0.1) is 11.3 Å². The number of pyridine rings is 1. The minimum absolute atomic E-state index is 0.0838. The summed E-state index contributed by atoms with van der Waals surface area (Å²) in [5.74, 6) is 0.0901. The molecule has 2 amide bonds. The summed E-state index contributed by atoms with van der Waals surface area (Å²) in [5, 5.41) is 7.65. The van der Waals surface area contributed by atoms with Crippen molar-refractivity contribution in [2.45, 2.75) is 26.7 Å². The zero-order valence-corrected chi connectivity index (χ0v) is 14.4. The average Bonchev–Trinajstić information content (AvgIpc) is 2.94. The molecule has 0 bridgehead atoms. The Balaban J connectivity index is 1.86. The molecule has 24 heavy (non-hydrogen) atoms. The van der Waals surface area contributed by atoms with Crippen molar-refractivity contribution >= 4 is 28.3 Å². The Hall–Kier alpha value is -2.48. The molecule has 0 unspecified atom stereocenters. The van der Waals surface area contributed by atoms with Gasteiger partial charge in [0.15, 0.2) is 5.13 Å². The van der Waals surface area contributed by atoms with E-state index in [1.54, 1.807) is 5.38 Å². The monoisotopic (exact) mass is 348 g/mol. The predicted octanol–water partition coefficient (Wildman–Crippen LogP) is 1.79. The number of thiazole rings is 1. The second-order valence-corrected chi connectivity index (χ2v) is 6.61. The maximum Gasteiger partial charge on any atom is 0.258 e. The first-order chi connectivity index (χ1) is 11.4. The second-order valence-electron chi connectivity index (χ2n) is 5.75. The normalized spacial score (nSPS) is 10.6. The van der Waals surface area contributed by atoms with E-state index in [9.17, 15) is 14.4 Å². The van der Waals surface area contributed by atoms with Crippen LogP contribution in [0.1, 0.15) is 36.3 Å². The summed E-state index contributed by atoms with van der Waals surface area (Å²) in [7, 11) is 0. The van der Waals surface area contributed by atoms with Crippen LogP contribution < -0.4 is 16.2 Å². The first kappa shape index (κ1) is 17.9. The number of nitrogens with zero attached hydrogens (tertiary/aromatic N) is 1. The number of hydrogen-bond acceptors (Lipinski definition) is 5. The van der Waals surface area contributed by atoms with Crippen molar-refractivity contribution in [3.8, 4) is 0 Å². The molecule has 2 aromatic rings. The third kappa shape index (κ3) is 5.62. The Morgan fingerprint density at radius 2 is 2.12 bits per heavy atom. The average molecular weight is 348 g/mol. The Morgan fingerprint density at radius 3 is 2.79 bits per heavy atom. The van der Waals surface area contributed by atoms with Gasteiger partial charge in [0.05, 0.1) is 17.7 Å². The fourth-order valence-electron chi connectivity index (χ4n) is 1.89. The van der Waals surface area contributed by atoms with Crippen LogP contribution in [0.2, 0.25) is 0 Å². The first-order valence-corrected chi connectivity index (χ1v) is 8.53. The molecule has 0 radical (unpaired) electrons. The quantitative estimate of drug-likeness (QED) is 0.709. The van der Waals surface area contributed by atoms with E-state index in [0.29, 0.717) is 28.9 Å². The number of nitrogens with one attached hydrogen (secondary N) is 3. The Bertz CT molecular complexity index is 746. The highest BCUT2D eigenvalue weighted by molar-refractivity contribution is 7.14. The number of amides is 2. The van der Waals surface area contributed by atoms with Crippen LogP contribution in [0, 0.1) is 5.92 Å². The number of carbonyl (C=O) groups is 2. The number of rotatable bonds is 7. The van der Waals surface area contributed by atoms with Crippen molar-refractivity contribution in [2.75, 3.05) is 11.9 Å². The molecule has 0 fully saturated rings. The van der Waals surface area contributed by atoms with E-state index in [0.717, 1.165) is 6.42 Å². The van der Waals surface area contributed by atoms with E-state index in [4.69, 9.17) is 0 Å². The fraction of sp³-hybridized carbons (Fsp3) is 0.375. The van der Waals surface area contributed by atoms with E-state index in [1.165, 1.54) is 29.7 Å². The number of anilines is 1. The summed E-state index contributed by atoms with van der Waals surface area (Å²) in [5.41, 5.74) is 0.670. The SMILES string of the molecule is CC(C)CCNC(=O)Cc1csc(NC(=O)c2ccc(=O)[nH]c2)n1. The van der Waals surface area contributed by atoms with Crippen molar-refractivity contribution in [3.05, 3.63) is 45.3 Å². The molecule has 2 heterocycles. The minimum atomic E-state index is -0.367. The van der Waals surface area contributed by atoms with Crippen LogP contribution in [0.5, 0.6) is 0 Å². The molecule has 0 spiro atoms. The number of aromatic nitrogens is 2. The predicted molar refractivity (Wildman–Crippen MR) is 93.3 cm³/mol. The van der Waals surface area contributed by atoms with E-state index >= 15 is 0 Å². The van der Waals surface area contributed by atoms with Crippen molar-refractivity contribution in [1.82, 2.24) is 15.3 Å². The molecular formula is C16H20N4O3S. The van der Waals surface area contributed by atoms with Crippen molar-refractivity contribution < 1.29 is 9.59 Å². The van der Waals surface area contributed by atoms with Gasteiger partial charge in [-0.25, -0.2) is 4.98 Å². The molecule has 0 aromatic carbocycles. The third-order valence-corrected chi connectivity index (χ3v) is 4.01. The molecule has 0 aliphatic carbocycles. The van der Waals surface area contributed by atoms with Gasteiger partial charge in [-0.05, 0) is 18.4 Å². The van der Waals surface area contributed by atoms with Crippen LogP contribution in [0.3, 0.4) is 0 Å². The van der Waals surface area contributed by atoms with Gasteiger partial charge in [-0.2, -0.15) is 0 Å². The number of hydrogen-bond donors (Lipinski definition) is 3. The molecule has 0 aliphatic heterocycles. The molecule has 7 nitrogen and oxygen atoms in total. The van der Waals surface area contributed by atoms with E-state index in [2.05, 4.69) is 34.4 Å². The largest absolute Gasteiger partial charge is 0.356 e. The van der Waals surface area contributed by atoms with Gasteiger partial charge < -0.3 is 10.3 Å². The highest BCUT2D eigenvalue weighted by atomic mass is 32.1. The first-order valence-electron chi connectivity index (χ1n) is 7.65. The van der Waals surface area contributed by atoms with Gasteiger partial charge in [-0.1, -0.05) is 13.8 Å². The molecule has 128 valence electrons. The molecular weight excluding hydrogens is 328 g/mol. The van der Waals surface area contributed by atoms with Crippen LogP contribution in [0.15, 0.2) is 28.5 Å². The lowest BCUT2D eigenvalue weighted by atomic mass is 10.1. The summed E-state index contributed by atoms with van der Waals surface area (Å²) in [6.07, 6.45) is 2.46. The zero-order chi connectivity index (χ0) is 17.5. The van der Waals surface area contributed by atoms with Gasteiger partial charge in [0.25, 0.3) is 5.91 Å². The minimum Gasteiger partial charge on any atom is -0.356 e. The molecule has 0 saturated carbocycles. The molecule has 2 rings (SSSR count). The maximum atomic E-state index is 12.0. The summed E-state index contributed by atoms with van der Waals surface area (Å²) in [4.78, 5) is 41.5. The molecule has 0 aliphatic rings. The van der Waals surface area contributed by atoms with Crippen LogP contribution in [0.25, 0.3) is 0 Å². The lowest BCUT2D eigenvalue weighted by Crippen LogP contribution is -2.27. The second kappa shape index (κ2) is 8.39. The number of aromatic amines is 1. The Labute approximate surface area is 143 Å². The molecule has 2 aromatic heterocycles. The molecule has 0 atom stereocenters. The Morgan fingerprint density at radius 1 is 1.33 bits per heavy atom. The van der Waals surface area contributed by atoms with Gasteiger partial charge in [0, 0.05) is 24.2 Å². The highest BCUT2D eigenvalue weighted by Crippen LogP contribution is 2.16. The lowest BCUT2D eigenvalue weighted by molar-refractivity contribution is -0.120. The summed E-state index contributed by atoms with van der Waals surface area (Å²) >= 11 is 1.25. The smallest absolute Gasteiger partial charge is 0.258 e. The van der Waals surface area contributed by atoms with E-state index in [1.807, 2.05) is 0 Å². The van der Waals surface area contributed by atoms with Crippen LogP contribution in [-0.2, 0) is 11.2 Å². The number of carbonyl (C=O) groups excluding carboxylic acids is 2. The topological polar surface area (TPSA) is 104 Å². The van der Waals surface area contributed by atoms with Crippen LogP contribution in [-0.4, -0.2) is 28.3 Å². The molecule has 0 saturated heterocycles. The van der Waals surface area contributed by atoms with Gasteiger partial charge in [0.1, 0.15) is 0 Å². The van der Waals surface area contributed by atoms with Gasteiger partial charge in [-0.3, -0.25) is 19.7 Å². The van der Waals surface area contributed by atoms with Crippen molar-refractivity contribution in [3.63, 3.8) is 0 Å². The molecule has 3 N–H and O–H groups in total.